The highest BCUT2D eigenvalue weighted by atomic mass is 32.2. The van der Waals surface area contributed by atoms with Gasteiger partial charge in [-0.05, 0) is 32.4 Å². The van der Waals surface area contributed by atoms with Crippen molar-refractivity contribution >= 4 is 16.0 Å². The molecule has 0 radical (unpaired) electrons. The van der Waals surface area contributed by atoms with Gasteiger partial charge in [0.25, 0.3) is 0 Å². The molecule has 112 valence electrons. The van der Waals surface area contributed by atoms with Crippen LogP contribution in [0.25, 0.3) is 0 Å². The van der Waals surface area contributed by atoms with Gasteiger partial charge >= 0.3 is 5.97 Å². The second kappa shape index (κ2) is 6.29. The first-order valence-electron chi connectivity index (χ1n) is 5.85. The molecule has 1 unspecified atom stereocenters. The average molecular weight is 305 g/mol. The zero-order valence-electron chi connectivity index (χ0n) is 11.1. The van der Waals surface area contributed by atoms with Gasteiger partial charge in [-0.1, -0.05) is 0 Å². The standard InChI is InChI=1S/C12H16FNO5S/c1-7(3-4-15)14-20(18,19)11-6-9(12(16)17)5-10(13)8(11)2/h5-7,14-15H,3-4H2,1-2H3,(H,16,17). The number of aliphatic hydroxyl groups excluding tert-OH is 1. The van der Waals surface area contributed by atoms with Crippen molar-refractivity contribution in [3.05, 3.63) is 29.1 Å². The van der Waals surface area contributed by atoms with Gasteiger partial charge in [0.05, 0.1) is 10.5 Å². The topological polar surface area (TPSA) is 104 Å². The number of hydrogen-bond donors (Lipinski definition) is 3. The highest BCUT2D eigenvalue weighted by molar-refractivity contribution is 7.89. The van der Waals surface area contributed by atoms with Gasteiger partial charge in [-0.2, -0.15) is 0 Å². The van der Waals surface area contributed by atoms with Gasteiger partial charge in [0.15, 0.2) is 0 Å². The lowest BCUT2D eigenvalue weighted by molar-refractivity contribution is 0.0696. The number of aliphatic hydroxyl groups is 1. The predicted molar refractivity (Wildman–Crippen MR) is 69.6 cm³/mol. The third-order valence-corrected chi connectivity index (χ3v) is 4.47. The number of rotatable bonds is 6. The summed E-state index contributed by atoms with van der Waals surface area (Å²) in [5.74, 6) is -2.32. The molecule has 0 aromatic heterocycles. The number of carboxylic acid groups (broad SMARTS) is 1. The van der Waals surface area contributed by atoms with E-state index in [0.29, 0.717) is 0 Å². The van der Waals surface area contributed by atoms with E-state index in [2.05, 4.69) is 4.72 Å². The van der Waals surface area contributed by atoms with E-state index in [0.717, 1.165) is 12.1 Å². The van der Waals surface area contributed by atoms with Crippen LogP contribution < -0.4 is 4.72 Å². The van der Waals surface area contributed by atoms with Crippen molar-refractivity contribution < 1.29 is 27.8 Å². The third kappa shape index (κ3) is 3.75. The Balaban J connectivity index is 3.27. The lowest BCUT2D eigenvalue weighted by atomic mass is 10.1. The molecule has 0 aliphatic rings. The summed E-state index contributed by atoms with van der Waals surface area (Å²) in [5, 5.41) is 17.6. The van der Waals surface area contributed by atoms with Crippen LogP contribution >= 0.6 is 0 Å². The molecule has 0 aliphatic carbocycles. The van der Waals surface area contributed by atoms with Gasteiger partial charge in [-0.25, -0.2) is 22.3 Å². The van der Waals surface area contributed by atoms with Crippen LogP contribution in [0.5, 0.6) is 0 Å². The number of nitrogens with one attached hydrogen (secondary N) is 1. The molecular weight excluding hydrogens is 289 g/mol. The summed E-state index contributed by atoms with van der Waals surface area (Å²) in [6.45, 7) is 2.60. The molecule has 0 bridgehead atoms. The van der Waals surface area contributed by atoms with Crippen molar-refractivity contribution in [2.75, 3.05) is 6.61 Å². The zero-order valence-corrected chi connectivity index (χ0v) is 11.9. The number of benzene rings is 1. The van der Waals surface area contributed by atoms with Crippen molar-refractivity contribution in [3.63, 3.8) is 0 Å². The zero-order chi connectivity index (χ0) is 15.5. The monoisotopic (exact) mass is 305 g/mol. The Morgan fingerprint density at radius 1 is 1.45 bits per heavy atom. The summed E-state index contributed by atoms with van der Waals surface area (Å²) in [5.41, 5.74) is -0.595. The predicted octanol–water partition coefficient (Wildman–Crippen LogP) is 0.882. The number of aromatic carboxylic acids is 1. The summed E-state index contributed by atoms with van der Waals surface area (Å²) < 4.78 is 40.1. The van der Waals surface area contributed by atoms with Gasteiger partial charge in [0.2, 0.25) is 10.0 Å². The SMILES string of the molecule is Cc1c(F)cc(C(=O)O)cc1S(=O)(=O)NC(C)CCO. The molecule has 20 heavy (non-hydrogen) atoms. The Hall–Kier alpha value is -1.51. The normalized spacial score (nSPS) is 13.2. The summed E-state index contributed by atoms with van der Waals surface area (Å²) in [7, 11) is -4.06. The minimum absolute atomic E-state index is 0.154. The number of halogens is 1. The average Bonchev–Trinajstić information content (AvgIpc) is 2.31. The lowest BCUT2D eigenvalue weighted by Gasteiger charge is -2.15. The molecule has 0 amide bonds. The molecule has 3 N–H and O–H groups in total. The highest BCUT2D eigenvalue weighted by Crippen LogP contribution is 2.21. The van der Waals surface area contributed by atoms with E-state index in [9.17, 15) is 17.6 Å². The van der Waals surface area contributed by atoms with Crippen LogP contribution in [0.2, 0.25) is 0 Å². The van der Waals surface area contributed by atoms with Gasteiger partial charge in [0.1, 0.15) is 5.82 Å². The fourth-order valence-corrected chi connectivity index (χ4v) is 3.19. The first-order chi connectivity index (χ1) is 9.19. The molecule has 0 saturated heterocycles. The Labute approximate surface area is 116 Å². The molecule has 6 nitrogen and oxygen atoms in total. The Morgan fingerprint density at radius 2 is 2.05 bits per heavy atom. The van der Waals surface area contributed by atoms with Crippen LogP contribution in [-0.2, 0) is 10.0 Å². The lowest BCUT2D eigenvalue weighted by Crippen LogP contribution is -2.33. The molecular formula is C12H16FNO5S. The fourth-order valence-electron chi connectivity index (χ4n) is 1.64. The first kappa shape index (κ1) is 16.5. The quantitative estimate of drug-likeness (QED) is 0.724. The van der Waals surface area contributed by atoms with Gasteiger partial charge in [-0.3, -0.25) is 0 Å². The maximum atomic E-state index is 13.6. The van der Waals surface area contributed by atoms with Crippen LogP contribution in [0, 0.1) is 12.7 Å². The van der Waals surface area contributed by atoms with Crippen molar-refractivity contribution in [1.82, 2.24) is 4.72 Å². The highest BCUT2D eigenvalue weighted by Gasteiger charge is 2.23. The largest absolute Gasteiger partial charge is 0.478 e. The molecule has 1 rings (SSSR count). The van der Waals surface area contributed by atoms with Crippen molar-refractivity contribution in [2.45, 2.75) is 31.2 Å². The smallest absolute Gasteiger partial charge is 0.335 e. The van der Waals surface area contributed by atoms with Gasteiger partial charge < -0.3 is 10.2 Å². The summed E-state index contributed by atoms with van der Waals surface area (Å²) in [6, 6.07) is 1.13. The van der Waals surface area contributed by atoms with E-state index in [1.165, 1.54) is 6.92 Å². The molecule has 0 aliphatic heterocycles. The Bertz CT molecular complexity index is 615. The van der Waals surface area contributed by atoms with Gasteiger partial charge in [0, 0.05) is 18.2 Å². The van der Waals surface area contributed by atoms with E-state index in [1.807, 2.05) is 0 Å². The summed E-state index contributed by atoms with van der Waals surface area (Å²) in [4.78, 5) is 10.4. The molecule has 0 heterocycles. The van der Waals surface area contributed by atoms with Crippen LogP contribution in [0.15, 0.2) is 17.0 Å². The Kier molecular flexibility index (Phi) is 5.21. The molecule has 0 saturated carbocycles. The number of carbonyl (C=O) groups is 1. The molecule has 1 atom stereocenters. The molecule has 0 fully saturated rings. The molecule has 0 spiro atoms. The van der Waals surface area contributed by atoms with E-state index in [1.54, 1.807) is 6.92 Å². The number of sulfonamides is 1. The second-order valence-corrected chi connectivity index (χ2v) is 6.10. The van der Waals surface area contributed by atoms with E-state index >= 15 is 0 Å². The van der Waals surface area contributed by atoms with Crippen molar-refractivity contribution in [2.24, 2.45) is 0 Å². The second-order valence-electron chi connectivity index (χ2n) is 4.42. The van der Waals surface area contributed by atoms with Gasteiger partial charge in [-0.15, -0.1) is 0 Å². The Morgan fingerprint density at radius 3 is 2.55 bits per heavy atom. The van der Waals surface area contributed by atoms with E-state index in [4.69, 9.17) is 10.2 Å². The molecule has 1 aromatic rings. The summed E-state index contributed by atoms with van der Waals surface area (Å²) >= 11 is 0. The first-order valence-corrected chi connectivity index (χ1v) is 7.34. The van der Waals surface area contributed by atoms with Crippen LogP contribution in [-0.4, -0.2) is 37.2 Å². The van der Waals surface area contributed by atoms with Crippen molar-refractivity contribution in [1.29, 1.82) is 0 Å². The molecule has 1 aromatic carbocycles. The third-order valence-electron chi connectivity index (χ3n) is 2.75. The minimum Gasteiger partial charge on any atom is -0.478 e. The number of carboxylic acids is 1. The summed E-state index contributed by atoms with van der Waals surface area (Å²) in [6.07, 6.45) is 0.194. The fraction of sp³-hybridized carbons (Fsp3) is 0.417. The van der Waals surface area contributed by atoms with Crippen molar-refractivity contribution in [3.8, 4) is 0 Å². The van der Waals surface area contributed by atoms with Crippen LogP contribution in [0.3, 0.4) is 0 Å². The number of hydrogen-bond acceptors (Lipinski definition) is 4. The minimum atomic E-state index is -4.06. The molecule has 8 heteroatoms. The van der Waals surface area contributed by atoms with Crippen LogP contribution in [0.4, 0.5) is 4.39 Å². The maximum Gasteiger partial charge on any atom is 0.335 e. The van der Waals surface area contributed by atoms with E-state index in [-0.39, 0.29) is 18.6 Å². The van der Waals surface area contributed by atoms with Crippen LogP contribution in [0.1, 0.15) is 29.3 Å². The van der Waals surface area contributed by atoms with E-state index < -0.39 is 38.3 Å². The maximum absolute atomic E-state index is 13.6.